The average Bonchev–Trinajstić information content (AvgIpc) is 3.38. The number of benzene rings is 1. The molecule has 28 heavy (non-hydrogen) atoms. The lowest BCUT2D eigenvalue weighted by Crippen LogP contribution is -2.02. The summed E-state index contributed by atoms with van der Waals surface area (Å²) in [5.41, 5.74) is 4.77. The first-order chi connectivity index (χ1) is 13.6. The first-order valence-electron chi connectivity index (χ1n) is 9.20. The average molecular weight is 374 g/mol. The molecule has 0 aliphatic carbocycles. The molecular weight excluding hydrogens is 356 g/mol. The lowest BCUT2D eigenvalue weighted by atomic mass is 10.0. The summed E-state index contributed by atoms with van der Waals surface area (Å²) >= 11 is 0. The minimum absolute atomic E-state index is 0.0687. The standard InChI is InChI=1S/C21H18N4O3/c1-12-2-3-15(11-22-12)21-23-20(24-28-21)14-4-5-17-16(8-14)9-18-13(10-19(26)27)6-7-25(17)18/h2-5,8-9,11,13H,6-7,10H2,1H3,(H,26,27)/t13-/m1/s1. The van der Waals surface area contributed by atoms with E-state index in [1.165, 1.54) is 0 Å². The molecule has 0 unspecified atom stereocenters. The lowest BCUT2D eigenvalue weighted by molar-refractivity contribution is -0.137. The third-order valence-electron chi connectivity index (χ3n) is 5.32. The van der Waals surface area contributed by atoms with Crippen LogP contribution < -0.4 is 0 Å². The fourth-order valence-corrected chi connectivity index (χ4v) is 3.92. The van der Waals surface area contributed by atoms with Crippen LogP contribution in [0.2, 0.25) is 0 Å². The van der Waals surface area contributed by atoms with Gasteiger partial charge >= 0.3 is 5.97 Å². The predicted molar refractivity (Wildman–Crippen MR) is 103 cm³/mol. The van der Waals surface area contributed by atoms with Gasteiger partial charge in [0.05, 0.1) is 12.0 Å². The van der Waals surface area contributed by atoms with Gasteiger partial charge in [0.2, 0.25) is 5.82 Å². The third-order valence-corrected chi connectivity index (χ3v) is 5.32. The second kappa shape index (κ2) is 6.30. The van der Waals surface area contributed by atoms with E-state index in [2.05, 4.69) is 25.8 Å². The van der Waals surface area contributed by atoms with E-state index >= 15 is 0 Å². The summed E-state index contributed by atoms with van der Waals surface area (Å²) < 4.78 is 7.62. The van der Waals surface area contributed by atoms with Crippen molar-refractivity contribution in [1.29, 1.82) is 0 Å². The predicted octanol–water partition coefficient (Wildman–Crippen LogP) is 4.02. The Morgan fingerprint density at radius 3 is 2.89 bits per heavy atom. The monoisotopic (exact) mass is 374 g/mol. The summed E-state index contributed by atoms with van der Waals surface area (Å²) in [6.45, 7) is 2.78. The van der Waals surface area contributed by atoms with Gasteiger partial charge < -0.3 is 14.2 Å². The van der Waals surface area contributed by atoms with Crippen LogP contribution in [0.15, 0.2) is 47.1 Å². The number of aliphatic carboxylic acids is 1. The first-order valence-corrected chi connectivity index (χ1v) is 9.20. The van der Waals surface area contributed by atoms with Crippen molar-refractivity contribution in [2.75, 3.05) is 0 Å². The van der Waals surface area contributed by atoms with E-state index in [0.717, 1.165) is 46.4 Å². The van der Waals surface area contributed by atoms with Gasteiger partial charge in [-0.3, -0.25) is 9.78 Å². The molecule has 0 saturated heterocycles. The van der Waals surface area contributed by atoms with Crippen molar-refractivity contribution < 1.29 is 14.4 Å². The van der Waals surface area contributed by atoms with Gasteiger partial charge in [-0.05, 0) is 49.7 Å². The highest BCUT2D eigenvalue weighted by Crippen LogP contribution is 2.37. The molecule has 7 heteroatoms. The molecule has 4 aromatic rings. The Morgan fingerprint density at radius 2 is 2.11 bits per heavy atom. The number of pyridine rings is 1. The Hall–Kier alpha value is -3.48. The lowest BCUT2D eigenvalue weighted by Gasteiger charge is -2.04. The fraction of sp³-hybridized carbons (Fsp3) is 0.238. The summed E-state index contributed by atoms with van der Waals surface area (Å²) in [7, 11) is 0. The van der Waals surface area contributed by atoms with Gasteiger partial charge in [0, 0.05) is 46.5 Å². The van der Waals surface area contributed by atoms with Crippen molar-refractivity contribution in [2.24, 2.45) is 0 Å². The van der Waals surface area contributed by atoms with Gasteiger partial charge in [0.15, 0.2) is 0 Å². The van der Waals surface area contributed by atoms with Crippen LogP contribution in [-0.2, 0) is 11.3 Å². The Balaban J connectivity index is 1.49. The van der Waals surface area contributed by atoms with Gasteiger partial charge in [-0.2, -0.15) is 4.98 Å². The van der Waals surface area contributed by atoms with E-state index < -0.39 is 5.97 Å². The maximum absolute atomic E-state index is 11.1. The topological polar surface area (TPSA) is 94.0 Å². The van der Waals surface area contributed by atoms with Gasteiger partial charge in [-0.1, -0.05) is 5.16 Å². The zero-order valence-electron chi connectivity index (χ0n) is 15.3. The summed E-state index contributed by atoms with van der Waals surface area (Å²) in [5.74, 6) is 0.267. The number of hydrogen-bond donors (Lipinski definition) is 1. The SMILES string of the molecule is Cc1ccc(-c2nc(-c3ccc4c(c3)cc3n4CC[C@@H]3CC(=O)O)no2)cn1. The minimum atomic E-state index is -0.755. The van der Waals surface area contributed by atoms with Crippen molar-refractivity contribution in [3.8, 4) is 22.8 Å². The van der Waals surface area contributed by atoms with Crippen LogP contribution in [0.5, 0.6) is 0 Å². The van der Waals surface area contributed by atoms with Gasteiger partial charge in [0.25, 0.3) is 5.89 Å². The molecule has 0 radical (unpaired) electrons. The molecular formula is C21H18N4O3. The van der Waals surface area contributed by atoms with Crippen LogP contribution in [-0.4, -0.2) is 30.8 Å². The molecule has 0 spiro atoms. The minimum Gasteiger partial charge on any atom is -0.481 e. The number of carboxylic acids is 1. The van der Waals surface area contributed by atoms with Crippen molar-refractivity contribution in [1.82, 2.24) is 19.7 Å². The molecule has 0 fully saturated rings. The zero-order chi connectivity index (χ0) is 19.3. The second-order valence-corrected chi connectivity index (χ2v) is 7.19. The number of hydrogen-bond acceptors (Lipinski definition) is 5. The number of carbonyl (C=O) groups is 1. The molecule has 0 bridgehead atoms. The Bertz CT molecular complexity index is 1190. The molecule has 1 N–H and O–H groups in total. The molecule has 0 amide bonds. The molecule has 0 saturated carbocycles. The molecule has 1 aromatic carbocycles. The number of rotatable bonds is 4. The molecule has 1 aliphatic heterocycles. The van der Waals surface area contributed by atoms with E-state index in [9.17, 15) is 4.79 Å². The summed E-state index contributed by atoms with van der Waals surface area (Å²) in [6.07, 6.45) is 2.76. The highest BCUT2D eigenvalue weighted by atomic mass is 16.5. The quantitative estimate of drug-likeness (QED) is 0.580. The van der Waals surface area contributed by atoms with Crippen LogP contribution in [0, 0.1) is 6.92 Å². The Kier molecular flexibility index (Phi) is 3.75. The number of aromatic nitrogens is 4. The van der Waals surface area contributed by atoms with E-state index in [1.807, 2.05) is 37.3 Å². The van der Waals surface area contributed by atoms with Gasteiger partial charge in [-0.25, -0.2) is 0 Å². The number of fused-ring (bicyclic) bond motifs is 3. The molecule has 1 aliphatic rings. The van der Waals surface area contributed by atoms with Crippen molar-refractivity contribution >= 4 is 16.9 Å². The van der Waals surface area contributed by atoms with Gasteiger partial charge in [0.1, 0.15) is 0 Å². The van der Waals surface area contributed by atoms with Crippen molar-refractivity contribution in [3.05, 3.63) is 54.0 Å². The fourth-order valence-electron chi connectivity index (χ4n) is 3.92. The van der Waals surface area contributed by atoms with E-state index in [0.29, 0.717) is 11.7 Å². The van der Waals surface area contributed by atoms with Crippen LogP contribution >= 0.6 is 0 Å². The number of aryl methyl sites for hydroxylation is 2. The summed E-state index contributed by atoms with van der Waals surface area (Å²) in [5, 5.41) is 14.3. The van der Waals surface area contributed by atoms with Crippen LogP contribution in [0.25, 0.3) is 33.7 Å². The van der Waals surface area contributed by atoms with E-state index in [-0.39, 0.29) is 12.3 Å². The maximum atomic E-state index is 11.1. The Morgan fingerprint density at radius 1 is 1.25 bits per heavy atom. The molecule has 7 nitrogen and oxygen atoms in total. The van der Waals surface area contributed by atoms with Crippen molar-refractivity contribution in [3.63, 3.8) is 0 Å². The van der Waals surface area contributed by atoms with E-state index in [1.54, 1.807) is 6.20 Å². The van der Waals surface area contributed by atoms with Crippen LogP contribution in [0.1, 0.15) is 30.1 Å². The molecule has 1 atom stereocenters. The highest BCUT2D eigenvalue weighted by molar-refractivity contribution is 5.86. The third kappa shape index (κ3) is 2.76. The van der Waals surface area contributed by atoms with Crippen molar-refractivity contribution in [2.45, 2.75) is 32.2 Å². The second-order valence-electron chi connectivity index (χ2n) is 7.19. The molecule has 3 aromatic heterocycles. The smallest absolute Gasteiger partial charge is 0.304 e. The maximum Gasteiger partial charge on any atom is 0.304 e. The Labute approximate surface area is 160 Å². The van der Waals surface area contributed by atoms with Crippen LogP contribution in [0.3, 0.4) is 0 Å². The normalized spacial score (nSPS) is 15.8. The number of nitrogens with zero attached hydrogens (tertiary/aromatic N) is 4. The first kappa shape index (κ1) is 16.7. The zero-order valence-corrected chi connectivity index (χ0v) is 15.3. The summed E-state index contributed by atoms with van der Waals surface area (Å²) in [6, 6.07) is 11.9. The van der Waals surface area contributed by atoms with Gasteiger partial charge in [-0.15, -0.1) is 0 Å². The summed E-state index contributed by atoms with van der Waals surface area (Å²) in [4.78, 5) is 19.9. The van der Waals surface area contributed by atoms with E-state index in [4.69, 9.17) is 9.63 Å². The highest BCUT2D eigenvalue weighted by Gasteiger charge is 2.26. The number of carboxylic acid groups (broad SMARTS) is 1. The molecule has 140 valence electrons. The van der Waals surface area contributed by atoms with Crippen LogP contribution in [0.4, 0.5) is 0 Å². The molecule has 4 heterocycles. The molecule has 5 rings (SSSR count). The largest absolute Gasteiger partial charge is 0.481 e.